The van der Waals surface area contributed by atoms with Gasteiger partial charge in [0.2, 0.25) is 0 Å². The Morgan fingerprint density at radius 3 is 2.95 bits per heavy atom. The Hall–Kier alpha value is -1.05. The number of nitrogens with zero attached hydrogens (tertiary/aromatic N) is 4. The molecule has 22 heavy (non-hydrogen) atoms. The van der Waals surface area contributed by atoms with E-state index >= 15 is 0 Å². The average Bonchev–Trinajstić information content (AvgIpc) is 3.15. The van der Waals surface area contributed by atoms with Crippen LogP contribution in [0, 0.1) is 0 Å². The molecular weight excluding hydrogens is 300 g/mol. The Balaban J connectivity index is 1.78. The Morgan fingerprint density at radius 1 is 1.55 bits per heavy atom. The van der Waals surface area contributed by atoms with E-state index in [9.17, 15) is 9.90 Å². The number of likely N-dealkylation sites (N-methyl/N-ethyl adjacent to an activating group) is 1. The summed E-state index contributed by atoms with van der Waals surface area (Å²) < 4.78 is 2.02. The lowest BCUT2D eigenvalue weighted by Crippen LogP contribution is -2.57. The fourth-order valence-electron chi connectivity index (χ4n) is 3.34. The van der Waals surface area contributed by atoms with Crippen molar-refractivity contribution < 1.29 is 9.90 Å². The summed E-state index contributed by atoms with van der Waals surface area (Å²) in [4.78, 5) is 21.4. The van der Waals surface area contributed by atoms with Crippen molar-refractivity contribution in [3.05, 3.63) is 18.2 Å². The van der Waals surface area contributed by atoms with Gasteiger partial charge in [-0.25, -0.2) is 4.98 Å². The summed E-state index contributed by atoms with van der Waals surface area (Å²) in [5.74, 6) is 2.26. The van der Waals surface area contributed by atoms with Gasteiger partial charge in [0.1, 0.15) is 5.82 Å². The van der Waals surface area contributed by atoms with Gasteiger partial charge in [0.05, 0.1) is 6.04 Å². The molecule has 1 N–H and O–H groups in total. The van der Waals surface area contributed by atoms with Crippen LogP contribution in [0.25, 0.3) is 0 Å². The second-order valence-electron chi connectivity index (χ2n) is 6.13. The van der Waals surface area contributed by atoms with Crippen LogP contribution < -0.4 is 0 Å². The molecule has 0 bridgehead atoms. The number of imidazole rings is 1. The van der Waals surface area contributed by atoms with Gasteiger partial charge in [-0.3, -0.25) is 9.69 Å². The largest absolute Gasteiger partial charge is 0.379 e. The number of aliphatic hydroxyl groups is 1. The first-order chi connectivity index (χ1) is 10.5. The molecule has 2 aliphatic heterocycles. The predicted molar refractivity (Wildman–Crippen MR) is 86.7 cm³/mol. The minimum atomic E-state index is -1.16. The molecule has 1 aromatic rings. The van der Waals surface area contributed by atoms with E-state index in [1.54, 1.807) is 18.0 Å². The van der Waals surface area contributed by atoms with Crippen LogP contribution in [0.15, 0.2) is 12.4 Å². The van der Waals surface area contributed by atoms with E-state index in [0.717, 1.165) is 24.7 Å². The molecule has 2 saturated heterocycles. The number of carbonyl (C=O) groups is 1. The number of aryl methyl sites for hydroxylation is 1. The van der Waals surface area contributed by atoms with E-state index in [1.807, 2.05) is 22.7 Å². The fraction of sp³-hybridized carbons (Fsp3) is 0.733. The molecule has 0 unspecified atom stereocenters. The molecule has 0 radical (unpaired) electrons. The molecule has 2 aliphatic rings. The molecule has 1 aromatic heterocycles. The molecule has 2 fully saturated rings. The van der Waals surface area contributed by atoms with E-state index in [0.29, 0.717) is 25.3 Å². The summed E-state index contributed by atoms with van der Waals surface area (Å²) in [6.45, 7) is 5.17. The van der Waals surface area contributed by atoms with E-state index < -0.39 is 5.60 Å². The van der Waals surface area contributed by atoms with E-state index in [2.05, 4.69) is 16.8 Å². The highest BCUT2D eigenvalue weighted by molar-refractivity contribution is 7.99. The third-order valence-electron chi connectivity index (χ3n) is 4.74. The average molecular weight is 324 g/mol. The summed E-state index contributed by atoms with van der Waals surface area (Å²) in [6.07, 6.45) is 4.30. The zero-order valence-electron chi connectivity index (χ0n) is 13.2. The van der Waals surface area contributed by atoms with Gasteiger partial charge in [-0.2, -0.15) is 11.8 Å². The van der Waals surface area contributed by atoms with Crippen molar-refractivity contribution in [1.29, 1.82) is 0 Å². The number of piperazine rings is 1. The number of thioether (sulfide) groups is 1. The normalized spacial score (nSPS) is 30.0. The number of hydrogen-bond acceptors (Lipinski definition) is 5. The van der Waals surface area contributed by atoms with Gasteiger partial charge in [0.15, 0.2) is 5.60 Å². The maximum atomic E-state index is 12.7. The second kappa shape index (κ2) is 6.22. The fourth-order valence-corrected chi connectivity index (χ4v) is 4.58. The number of amides is 1. The van der Waals surface area contributed by atoms with Crippen LogP contribution in [0.2, 0.25) is 0 Å². The molecule has 122 valence electrons. The first kappa shape index (κ1) is 15.8. The summed E-state index contributed by atoms with van der Waals surface area (Å²) in [6, 6.07) is 0.0976. The molecule has 1 amide bonds. The van der Waals surface area contributed by atoms with E-state index in [4.69, 9.17) is 0 Å². The van der Waals surface area contributed by atoms with Crippen molar-refractivity contribution in [3.8, 4) is 0 Å². The lowest BCUT2D eigenvalue weighted by atomic mass is 10.00. The van der Waals surface area contributed by atoms with Gasteiger partial charge in [-0.05, 0) is 18.7 Å². The van der Waals surface area contributed by atoms with Crippen molar-refractivity contribution in [1.82, 2.24) is 19.4 Å². The molecule has 0 aromatic carbocycles. The van der Waals surface area contributed by atoms with Crippen LogP contribution in [0.1, 0.15) is 25.2 Å². The van der Waals surface area contributed by atoms with Crippen molar-refractivity contribution in [2.75, 3.05) is 37.7 Å². The van der Waals surface area contributed by atoms with Gasteiger partial charge < -0.3 is 14.6 Å². The van der Waals surface area contributed by atoms with E-state index in [-0.39, 0.29) is 11.9 Å². The minimum absolute atomic E-state index is 0.0976. The third-order valence-corrected chi connectivity index (χ3v) is 5.91. The molecule has 0 spiro atoms. The van der Waals surface area contributed by atoms with Gasteiger partial charge in [-0.1, -0.05) is 6.92 Å². The first-order valence-electron chi connectivity index (χ1n) is 7.86. The standard InChI is InChI=1S/C15H24N4O2S/c1-3-18-7-8-19(14(20)15(21)4-9-22-11-15)10-12(18)13-16-5-6-17(13)2/h5-6,12,21H,3-4,7-11H2,1-2H3/t12-,15-/m0/s1. The van der Waals surface area contributed by atoms with Crippen LogP contribution in [-0.2, 0) is 11.8 Å². The second-order valence-corrected chi connectivity index (χ2v) is 7.23. The topological polar surface area (TPSA) is 61.6 Å². The lowest BCUT2D eigenvalue weighted by Gasteiger charge is -2.42. The highest BCUT2D eigenvalue weighted by Crippen LogP contribution is 2.32. The van der Waals surface area contributed by atoms with Crippen LogP contribution >= 0.6 is 11.8 Å². The summed E-state index contributed by atoms with van der Waals surface area (Å²) in [7, 11) is 1.98. The summed E-state index contributed by atoms with van der Waals surface area (Å²) in [5.41, 5.74) is -1.16. The Morgan fingerprint density at radius 2 is 2.36 bits per heavy atom. The van der Waals surface area contributed by atoms with Crippen molar-refractivity contribution >= 4 is 17.7 Å². The molecular formula is C15H24N4O2S. The zero-order chi connectivity index (χ0) is 15.7. The maximum Gasteiger partial charge on any atom is 0.255 e. The van der Waals surface area contributed by atoms with Crippen molar-refractivity contribution in [2.24, 2.45) is 7.05 Å². The number of carbonyl (C=O) groups excluding carboxylic acids is 1. The first-order valence-corrected chi connectivity index (χ1v) is 9.01. The van der Waals surface area contributed by atoms with Gasteiger partial charge in [0.25, 0.3) is 5.91 Å². The van der Waals surface area contributed by atoms with E-state index in [1.165, 1.54) is 0 Å². The molecule has 0 aliphatic carbocycles. The lowest BCUT2D eigenvalue weighted by molar-refractivity contribution is -0.152. The number of hydrogen-bond donors (Lipinski definition) is 1. The molecule has 0 saturated carbocycles. The zero-order valence-corrected chi connectivity index (χ0v) is 14.1. The highest BCUT2D eigenvalue weighted by atomic mass is 32.2. The monoisotopic (exact) mass is 324 g/mol. The quantitative estimate of drug-likeness (QED) is 0.877. The number of aromatic nitrogens is 2. The van der Waals surface area contributed by atoms with Crippen LogP contribution in [-0.4, -0.2) is 73.7 Å². The van der Waals surface area contributed by atoms with Crippen LogP contribution in [0.3, 0.4) is 0 Å². The molecule has 6 nitrogen and oxygen atoms in total. The van der Waals surface area contributed by atoms with Gasteiger partial charge >= 0.3 is 0 Å². The third kappa shape index (κ3) is 2.77. The molecule has 3 heterocycles. The maximum absolute atomic E-state index is 12.7. The van der Waals surface area contributed by atoms with Gasteiger partial charge in [0, 0.05) is 44.8 Å². The SMILES string of the molecule is CCN1CCN(C(=O)[C@]2(O)CCSC2)C[C@H]1c1nccn1C. The van der Waals surface area contributed by atoms with Gasteiger partial charge in [-0.15, -0.1) is 0 Å². The Bertz CT molecular complexity index is 541. The Kier molecular flexibility index (Phi) is 4.47. The Labute approximate surface area is 135 Å². The smallest absolute Gasteiger partial charge is 0.255 e. The molecule has 2 atom stereocenters. The highest BCUT2D eigenvalue weighted by Gasteiger charge is 2.44. The van der Waals surface area contributed by atoms with Crippen molar-refractivity contribution in [2.45, 2.75) is 25.0 Å². The summed E-state index contributed by atoms with van der Waals surface area (Å²) in [5, 5.41) is 10.6. The molecule has 7 heteroatoms. The predicted octanol–water partition coefficient (Wildman–Crippen LogP) is 0.493. The van der Waals surface area contributed by atoms with Crippen LogP contribution in [0.5, 0.6) is 0 Å². The summed E-state index contributed by atoms with van der Waals surface area (Å²) >= 11 is 1.66. The minimum Gasteiger partial charge on any atom is -0.379 e. The van der Waals surface area contributed by atoms with Crippen LogP contribution in [0.4, 0.5) is 0 Å². The van der Waals surface area contributed by atoms with Crippen molar-refractivity contribution in [3.63, 3.8) is 0 Å². The number of rotatable bonds is 3. The molecule has 3 rings (SSSR count).